The largest absolute Gasteiger partial charge is 0.454 e. The molecule has 1 aliphatic heterocycles. The van der Waals surface area contributed by atoms with Crippen LogP contribution >= 0.6 is 11.6 Å². The monoisotopic (exact) mass is 454 g/mol. The van der Waals surface area contributed by atoms with Crippen LogP contribution in [-0.2, 0) is 9.53 Å². The lowest BCUT2D eigenvalue weighted by Crippen LogP contribution is -2.26. The van der Waals surface area contributed by atoms with Gasteiger partial charge in [0.15, 0.2) is 11.5 Å². The second-order valence-corrected chi connectivity index (χ2v) is 7.08. The summed E-state index contributed by atoms with van der Waals surface area (Å²) in [6, 6.07) is 16.6. The molecule has 1 amide bonds. The molecule has 0 bridgehead atoms. The number of nitro groups is 1. The Balaban J connectivity index is 1.58. The van der Waals surface area contributed by atoms with E-state index in [0.29, 0.717) is 17.1 Å². The molecule has 9 nitrogen and oxygen atoms in total. The van der Waals surface area contributed by atoms with Crippen LogP contribution in [0, 0.1) is 10.1 Å². The summed E-state index contributed by atoms with van der Waals surface area (Å²) in [7, 11) is 0. The van der Waals surface area contributed by atoms with E-state index in [4.69, 9.17) is 25.8 Å². The smallest absolute Gasteiger partial charge is 0.339 e. The highest BCUT2D eigenvalue weighted by molar-refractivity contribution is 6.34. The SMILES string of the molecule is O=C(O[C@H](C(=O)Nc1ccc([N+](=O)[O-])cc1Cl)c1ccccc1)c1ccc2c(c1)OCO2. The normalized spacial score (nSPS) is 12.7. The van der Waals surface area contributed by atoms with E-state index in [9.17, 15) is 19.7 Å². The molecule has 0 aliphatic carbocycles. The Morgan fingerprint density at radius 1 is 1.03 bits per heavy atom. The van der Waals surface area contributed by atoms with Crippen molar-refractivity contribution in [1.82, 2.24) is 0 Å². The van der Waals surface area contributed by atoms with E-state index in [1.165, 1.54) is 24.3 Å². The molecule has 1 aliphatic rings. The molecule has 3 aromatic carbocycles. The van der Waals surface area contributed by atoms with Gasteiger partial charge in [-0.3, -0.25) is 14.9 Å². The second-order valence-electron chi connectivity index (χ2n) is 6.67. The number of halogens is 1. The number of carbonyl (C=O) groups excluding carboxylic acids is 2. The Kier molecular flexibility index (Phi) is 5.91. The molecule has 0 saturated carbocycles. The maximum Gasteiger partial charge on any atom is 0.339 e. The number of non-ortho nitro benzene ring substituents is 1. The van der Waals surface area contributed by atoms with E-state index in [1.807, 2.05) is 0 Å². The molecule has 0 unspecified atom stereocenters. The molecule has 162 valence electrons. The number of carbonyl (C=O) groups is 2. The Morgan fingerprint density at radius 3 is 2.50 bits per heavy atom. The van der Waals surface area contributed by atoms with Gasteiger partial charge in [-0.1, -0.05) is 41.9 Å². The summed E-state index contributed by atoms with van der Waals surface area (Å²) in [5.41, 5.74) is 0.526. The van der Waals surface area contributed by atoms with Crippen molar-refractivity contribution in [3.63, 3.8) is 0 Å². The number of nitrogens with one attached hydrogen (secondary N) is 1. The highest BCUT2D eigenvalue weighted by Crippen LogP contribution is 2.33. The number of fused-ring (bicyclic) bond motifs is 1. The molecule has 0 fully saturated rings. The summed E-state index contributed by atoms with van der Waals surface area (Å²) >= 11 is 6.07. The predicted octanol–water partition coefficient (Wildman–Crippen LogP) is 4.51. The van der Waals surface area contributed by atoms with Crippen molar-refractivity contribution in [2.45, 2.75) is 6.10 Å². The number of ether oxygens (including phenoxy) is 3. The first-order valence-corrected chi connectivity index (χ1v) is 9.70. The van der Waals surface area contributed by atoms with Crippen molar-refractivity contribution in [3.8, 4) is 11.5 Å². The minimum absolute atomic E-state index is 0.0264. The fraction of sp³-hybridized carbons (Fsp3) is 0.0909. The molecular weight excluding hydrogens is 440 g/mol. The fourth-order valence-corrected chi connectivity index (χ4v) is 3.24. The number of nitrogens with zero attached hydrogens (tertiary/aromatic N) is 1. The number of amides is 1. The molecule has 10 heteroatoms. The summed E-state index contributed by atoms with van der Waals surface area (Å²) < 4.78 is 16.0. The lowest BCUT2D eigenvalue weighted by atomic mass is 10.1. The van der Waals surface area contributed by atoms with Crippen LogP contribution < -0.4 is 14.8 Å². The van der Waals surface area contributed by atoms with Crippen molar-refractivity contribution < 1.29 is 28.7 Å². The highest BCUT2D eigenvalue weighted by atomic mass is 35.5. The predicted molar refractivity (Wildman–Crippen MR) is 114 cm³/mol. The van der Waals surface area contributed by atoms with E-state index >= 15 is 0 Å². The molecule has 1 atom stereocenters. The molecule has 0 aromatic heterocycles. The lowest BCUT2D eigenvalue weighted by Gasteiger charge is -2.18. The number of esters is 1. The number of hydrogen-bond acceptors (Lipinski definition) is 7. The number of nitro benzene ring substituents is 1. The molecule has 0 radical (unpaired) electrons. The third kappa shape index (κ3) is 4.47. The van der Waals surface area contributed by atoms with Gasteiger partial charge in [-0.25, -0.2) is 4.79 Å². The molecule has 0 saturated heterocycles. The van der Waals surface area contributed by atoms with Crippen LogP contribution in [0.4, 0.5) is 11.4 Å². The lowest BCUT2D eigenvalue weighted by molar-refractivity contribution is -0.384. The van der Waals surface area contributed by atoms with E-state index in [2.05, 4.69) is 5.32 Å². The van der Waals surface area contributed by atoms with Crippen molar-refractivity contribution >= 4 is 34.9 Å². The van der Waals surface area contributed by atoms with Gasteiger partial charge in [-0.05, 0) is 24.3 Å². The Labute approximate surface area is 186 Å². The Hall–Kier alpha value is -4.11. The highest BCUT2D eigenvalue weighted by Gasteiger charge is 2.27. The summed E-state index contributed by atoms with van der Waals surface area (Å²) in [5.74, 6) is -0.521. The zero-order valence-corrected chi connectivity index (χ0v) is 17.1. The van der Waals surface area contributed by atoms with Crippen LogP contribution in [0.25, 0.3) is 0 Å². The Morgan fingerprint density at radius 2 is 1.78 bits per heavy atom. The van der Waals surface area contributed by atoms with Crippen LogP contribution in [0.3, 0.4) is 0 Å². The minimum atomic E-state index is -1.31. The summed E-state index contributed by atoms with van der Waals surface area (Å²) in [4.78, 5) is 36.1. The van der Waals surface area contributed by atoms with E-state index in [0.717, 1.165) is 6.07 Å². The number of anilines is 1. The molecule has 0 spiro atoms. The number of rotatable bonds is 6. The topological polar surface area (TPSA) is 117 Å². The molecule has 4 rings (SSSR count). The molecular formula is C22H15ClN2O7. The number of benzene rings is 3. The molecule has 32 heavy (non-hydrogen) atoms. The van der Waals surface area contributed by atoms with Crippen LogP contribution in [0.2, 0.25) is 5.02 Å². The van der Waals surface area contributed by atoms with Gasteiger partial charge in [-0.2, -0.15) is 0 Å². The summed E-state index contributed by atoms with van der Waals surface area (Å²) in [5, 5.41) is 13.4. The van der Waals surface area contributed by atoms with Crippen LogP contribution in [-0.4, -0.2) is 23.6 Å². The van der Waals surface area contributed by atoms with Gasteiger partial charge in [0.25, 0.3) is 11.6 Å². The van der Waals surface area contributed by atoms with Crippen LogP contribution in [0.5, 0.6) is 11.5 Å². The van der Waals surface area contributed by atoms with Crippen LogP contribution in [0.15, 0.2) is 66.7 Å². The third-order valence-electron chi connectivity index (χ3n) is 4.59. The summed E-state index contributed by atoms with van der Waals surface area (Å²) in [6.07, 6.45) is -1.31. The first-order chi connectivity index (χ1) is 15.4. The van der Waals surface area contributed by atoms with Crippen molar-refractivity contribution in [3.05, 3.63) is 93.0 Å². The first-order valence-electron chi connectivity index (χ1n) is 9.33. The van der Waals surface area contributed by atoms with Crippen LogP contribution in [0.1, 0.15) is 22.0 Å². The van der Waals surface area contributed by atoms with E-state index in [-0.39, 0.29) is 28.8 Å². The van der Waals surface area contributed by atoms with Crippen molar-refractivity contribution in [2.24, 2.45) is 0 Å². The van der Waals surface area contributed by atoms with Gasteiger partial charge in [0.05, 0.1) is 21.2 Å². The fourth-order valence-electron chi connectivity index (χ4n) is 3.02. The summed E-state index contributed by atoms with van der Waals surface area (Å²) in [6.45, 7) is 0.0544. The third-order valence-corrected chi connectivity index (χ3v) is 4.91. The van der Waals surface area contributed by atoms with Gasteiger partial charge < -0.3 is 19.5 Å². The minimum Gasteiger partial charge on any atom is -0.454 e. The standard InChI is InChI=1S/C22H15ClN2O7/c23-16-11-15(25(28)29)7-8-17(16)24-21(26)20(13-4-2-1-3-5-13)32-22(27)14-6-9-18-19(10-14)31-12-30-18/h1-11,20H,12H2,(H,24,26)/t20-/m0/s1. The zero-order valence-electron chi connectivity index (χ0n) is 16.3. The molecule has 1 heterocycles. The average Bonchev–Trinajstić information content (AvgIpc) is 3.27. The molecule has 1 N–H and O–H groups in total. The maximum atomic E-state index is 13.0. The van der Waals surface area contributed by atoms with Gasteiger partial charge in [0.1, 0.15) is 0 Å². The molecule has 3 aromatic rings. The van der Waals surface area contributed by atoms with E-state index < -0.39 is 22.9 Å². The van der Waals surface area contributed by atoms with Gasteiger partial charge in [0, 0.05) is 17.7 Å². The quantitative estimate of drug-likeness (QED) is 0.330. The zero-order chi connectivity index (χ0) is 22.7. The second kappa shape index (κ2) is 8.94. The average molecular weight is 455 g/mol. The van der Waals surface area contributed by atoms with Gasteiger partial charge in [0.2, 0.25) is 12.9 Å². The van der Waals surface area contributed by atoms with E-state index in [1.54, 1.807) is 36.4 Å². The number of hydrogen-bond donors (Lipinski definition) is 1. The van der Waals surface area contributed by atoms with Crippen molar-refractivity contribution in [1.29, 1.82) is 0 Å². The van der Waals surface area contributed by atoms with Gasteiger partial charge in [-0.15, -0.1) is 0 Å². The first kappa shape index (κ1) is 21.1. The maximum absolute atomic E-state index is 13.0. The van der Waals surface area contributed by atoms with Crippen molar-refractivity contribution in [2.75, 3.05) is 12.1 Å². The van der Waals surface area contributed by atoms with Gasteiger partial charge >= 0.3 is 5.97 Å². The Bertz CT molecular complexity index is 1200.